The average Bonchev–Trinajstić information content (AvgIpc) is 2.31. The van der Waals surface area contributed by atoms with Gasteiger partial charge in [0.1, 0.15) is 0 Å². The van der Waals surface area contributed by atoms with E-state index in [-0.39, 0.29) is 12.6 Å². The molecule has 0 unspecified atom stereocenters. The van der Waals surface area contributed by atoms with E-state index in [1.165, 1.54) is 4.90 Å². The van der Waals surface area contributed by atoms with Crippen molar-refractivity contribution in [2.24, 2.45) is 0 Å². The van der Waals surface area contributed by atoms with Crippen LogP contribution in [0.2, 0.25) is 5.02 Å². The maximum absolute atomic E-state index is 12.0. The number of anilines is 1. The molecule has 0 radical (unpaired) electrons. The van der Waals surface area contributed by atoms with Gasteiger partial charge in [-0.2, -0.15) is 11.8 Å². The predicted molar refractivity (Wildman–Crippen MR) is 86.6 cm³/mol. The maximum Gasteiger partial charge on any atom is 0.321 e. The Balaban J connectivity index is 2.73. The van der Waals surface area contributed by atoms with Gasteiger partial charge in [0.25, 0.3) is 0 Å². The predicted octanol–water partition coefficient (Wildman–Crippen LogP) is 3.44. The summed E-state index contributed by atoms with van der Waals surface area (Å²) in [7, 11) is 1.64. The number of halogens is 1. The fraction of sp³-hybridized carbons (Fsp3) is 0.500. The minimum atomic E-state index is -0.921. The molecule has 6 heteroatoms. The maximum atomic E-state index is 12.0. The van der Waals surface area contributed by atoms with Crippen molar-refractivity contribution in [1.29, 1.82) is 0 Å². The summed E-state index contributed by atoms with van der Waals surface area (Å²) in [6, 6.07) is 5.15. The monoisotopic (exact) mass is 316 g/mol. The van der Waals surface area contributed by atoms with Crippen LogP contribution in [0.3, 0.4) is 0 Å². The van der Waals surface area contributed by atoms with Crippen LogP contribution >= 0.6 is 23.4 Å². The number of hydrogen-bond donors (Lipinski definition) is 2. The largest absolute Gasteiger partial charge is 0.389 e. The Bertz CT molecular complexity index is 475. The van der Waals surface area contributed by atoms with E-state index in [9.17, 15) is 9.90 Å². The number of rotatable bonds is 5. The van der Waals surface area contributed by atoms with Crippen molar-refractivity contribution in [2.45, 2.75) is 25.2 Å². The highest BCUT2D eigenvalue weighted by Crippen LogP contribution is 2.24. The van der Waals surface area contributed by atoms with Gasteiger partial charge in [-0.05, 0) is 43.9 Å². The number of hydrogen-bond acceptors (Lipinski definition) is 3. The Morgan fingerprint density at radius 1 is 1.50 bits per heavy atom. The lowest BCUT2D eigenvalue weighted by atomic mass is 10.1. The molecule has 0 aromatic heterocycles. The summed E-state index contributed by atoms with van der Waals surface area (Å²) in [4.78, 5) is 13.5. The molecule has 0 fully saturated rings. The number of likely N-dealkylation sites (N-methyl/N-ethyl adjacent to an activating group) is 1. The van der Waals surface area contributed by atoms with Crippen LogP contribution < -0.4 is 5.32 Å². The van der Waals surface area contributed by atoms with Crippen LogP contribution in [0.25, 0.3) is 0 Å². The van der Waals surface area contributed by atoms with Gasteiger partial charge < -0.3 is 15.3 Å². The summed E-state index contributed by atoms with van der Waals surface area (Å²) >= 11 is 7.76. The van der Waals surface area contributed by atoms with E-state index >= 15 is 0 Å². The summed E-state index contributed by atoms with van der Waals surface area (Å²) in [5, 5.41) is 13.2. The Kier molecular flexibility index (Phi) is 6.17. The van der Waals surface area contributed by atoms with Crippen molar-refractivity contribution in [3.63, 3.8) is 0 Å². The van der Waals surface area contributed by atoms with Crippen molar-refractivity contribution in [3.8, 4) is 0 Å². The standard InChI is InChI=1S/C14H21ClN2O2S/c1-14(2,19)9-17(3)13(18)16-11-5-6-12(15)10(7-11)8-20-4/h5-7,19H,8-9H2,1-4H3,(H,16,18). The molecule has 0 aliphatic heterocycles. The quantitative estimate of drug-likeness (QED) is 0.875. The van der Waals surface area contributed by atoms with Gasteiger partial charge in [0.15, 0.2) is 0 Å². The van der Waals surface area contributed by atoms with Gasteiger partial charge in [-0.25, -0.2) is 4.79 Å². The molecule has 0 aliphatic rings. The molecule has 0 saturated carbocycles. The molecule has 2 N–H and O–H groups in total. The lowest BCUT2D eigenvalue weighted by molar-refractivity contribution is 0.0550. The Morgan fingerprint density at radius 2 is 2.15 bits per heavy atom. The summed E-state index contributed by atoms with van der Waals surface area (Å²) in [5.41, 5.74) is 0.768. The molecular formula is C14H21ClN2O2S. The lowest BCUT2D eigenvalue weighted by Crippen LogP contribution is -2.41. The first kappa shape index (κ1) is 17.1. The van der Waals surface area contributed by atoms with Gasteiger partial charge in [-0.1, -0.05) is 11.6 Å². The topological polar surface area (TPSA) is 52.6 Å². The first-order chi connectivity index (χ1) is 9.23. The lowest BCUT2D eigenvalue weighted by Gasteiger charge is -2.25. The molecular weight excluding hydrogens is 296 g/mol. The van der Waals surface area contributed by atoms with Crippen LogP contribution in [-0.4, -0.2) is 41.5 Å². The van der Waals surface area contributed by atoms with Crippen LogP contribution in [-0.2, 0) is 5.75 Å². The molecule has 20 heavy (non-hydrogen) atoms. The van der Waals surface area contributed by atoms with Crippen LogP contribution in [0.15, 0.2) is 18.2 Å². The Hall–Kier alpha value is -0.910. The third kappa shape index (κ3) is 5.61. The molecule has 0 saturated heterocycles. The van der Waals surface area contributed by atoms with E-state index < -0.39 is 5.60 Å². The first-order valence-corrected chi connectivity index (χ1v) is 8.02. The minimum Gasteiger partial charge on any atom is -0.389 e. The van der Waals surface area contributed by atoms with Crippen LogP contribution in [0.4, 0.5) is 10.5 Å². The molecule has 0 spiro atoms. The van der Waals surface area contributed by atoms with Crippen molar-refractivity contribution in [2.75, 3.05) is 25.2 Å². The van der Waals surface area contributed by atoms with E-state index in [2.05, 4.69) is 5.32 Å². The second kappa shape index (κ2) is 7.20. The summed E-state index contributed by atoms with van der Waals surface area (Å²) in [6.07, 6.45) is 2.00. The van der Waals surface area contributed by atoms with E-state index in [4.69, 9.17) is 11.6 Å². The number of thioether (sulfide) groups is 1. The molecule has 112 valence electrons. The summed E-state index contributed by atoms with van der Waals surface area (Å²) < 4.78 is 0. The van der Waals surface area contributed by atoms with E-state index in [0.717, 1.165) is 11.3 Å². The van der Waals surface area contributed by atoms with E-state index in [1.807, 2.05) is 12.3 Å². The molecule has 0 bridgehead atoms. The second-order valence-corrected chi connectivity index (χ2v) is 6.61. The number of nitrogens with zero attached hydrogens (tertiary/aromatic N) is 1. The second-order valence-electron chi connectivity index (χ2n) is 5.34. The van der Waals surface area contributed by atoms with Crippen LogP contribution in [0, 0.1) is 0 Å². The van der Waals surface area contributed by atoms with Gasteiger partial charge >= 0.3 is 6.03 Å². The van der Waals surface area contributed by atoms with Gasteiger partial charge in [0.05, 0.1) is 12.1 Å². The van der Waals surface area contributed by atoms with Crippen LogP contribution in [0.5, 0.6) is 0 Å². The molecule has 4 nitrogen and oxygen atoms in total. The first-order valence-electron chi connectivity index (χ1n) is 6.25. The fourth-order valence-electron chi connectivity index (χ4n) is 1.79. The zero-order chi connectivity index (χ0) is 15.3. The third-order valence-corrected chi connectivity index (χ3v) is 3.54. The van der Waals surface area contributed by atoms with Crippen molar-refractivity contribution >= 4 is 35.1 Å². The molecule has 0 heterocycles. The average molecular weight is 317 g/mol. The number of nitrogens with one attached hydrogen (secondary N) is 1. The third-order valence-electron chi connectivity index (χ3n) is 2.57. The molecule has 1 aromatic rings. The van der Waals surface area contributed by atoms with E-state index in [0.29, 0.717) is 10.7 Å². The minimum absolute atomic E-state index is 0.254. The van der Waals surface area contributed by atoms with Gasteiger partial charge in [0.2, 0.25) is 0 Å². The highest BCUT2D eigenvalue weighted by molar-refractivity contribution is 7.97. The SMILES string of the molecule is CSCc1cc(NC(=O)N(C)CC(C)(C)O)ccc1Cl. The number of carbonyl (C=O) groups is 1. The number of carbonyl (C=O) groups excluding carboxylic acids is 1. The highest BCUT2D eigenvalue weighted by atomic mass is 35.5. The van der Waals surface area contributed by atoms with Crippen molar-refractivity contribution in [1.82, 2.24) is 4.90 Å². The summed E-state index contributed by atoms with van der Waals surface area (Å²) in [5.74, 6) is 0.794. The fourth-order valence-corrected chi connectivity index (χ4v) is 2.60. The van der Waals surface area contributed by atoms with E-state index in [1.54, 1.807) is 44.8 Å². The normalized spacial score (nSPS) is 11.3. The van der Waals surface area contributed by atoms with Gasteiger partial charge in [-0.3, -0.25) is 0 Å². The summed E-state index contributed by atoms with van der Waals surface area (Å²) in [6.45, 7) is 3.58. The van der Waals surface area contributed by atoms with Gasteiger partial charge in [0, 0.05) is 23.5 Å². The van der Waals surface area contributed by atoms with Crippen molar-refractivity contribution in [3.05, 3.63) is 28.8 Å². The molecule has 2 amide bonds. The smallest absolute Gasteiger partial charge is 0.321 e. The van der Waals surface area contributed by atoms with Gasteiger partial charge in [-0.15, -0.1) is 0 Å². The zero-order valence-corrected chi connectivity index (χ0v) is 13.8. The Morgan fingerprint density at radius 3 is 2.70 bits per heavy atom. The number of amides is 2. The van der Waals surface area contributed by atoms with Crippen molar-refractivity contribution < 1.29 is 9.90 Å². The number of aliphatic hydroxyl groups is 1. The van der Waals surface area contributed by atoms with Crippen LogP contribution in [0.1, 0.15) is 19.4 Å². The Labute approximate surface area is 129 Å². The molecule has 1 aromatic carbocycles. The highest BCUT2D eigenvalue weighted by Gasteiger charge is 2.19. The molecule has 1 rings (SSSR count). The molecule has 0 aliphatic carbocycles. The number of urea groups is 1. The number of benzene rings is 1. The zero-order valence-electron chi connectivity index (χ0n) is 12.2. The molecule has 0 atom stereocenters.